The van der Waals surface area contributed by atoms with E-state index in [1.807, 2.05) is 17.0 Å². The van der Waals surface area contributed by atoms with Crippen molar-refractivity contribution in [3.05, 3.63) is 18.3 Å². The minimum absolute atomic E-state index is 0.0946. The monoisotopic (exact) mass is 348 g/mol. The Labute approximate surface area is 149 Å². The van der Waals surface area contributed by atoms with Gasteiger partial charge in [0.05, 0.1) is 13.2 Å². The minimum Gasteiger partial charge on any atom is -0.497 e. The van der Waals surface area contributed by atoms with E-state index in [4.69, 9.17) is 9.47 Å². The maximum Gasteiger partial charge on any atom is 0.248 e. The Bertz CT molecular complexity index is 567. The van der Waals surface area contributed by atoms with E-state index < -0.39 is 0 Å². The minimum atomic E-state index is 0.0946. The first-order chi connectivity index (χ1) is 12.2. The van der Waals surface area contributed by atoms with Gasteiger partial charge in [0.2, 0.25) is 5.91 Å². The molecule has 7 heteroatoms. The number of methoxy groups -OCH3 is 1. The number of ether oxygens (including phenoxy) is 2. The fourth-order valence-electron chi connectivity index (χ4n) is 3.32. The Morgan fingerprint density at radius 1 is 1.20 bits per heavy atom. The standard InChI is InChI=1S/C18H28N4O3/c1-20-7-4-15(5-8-20)25-14-18(23)22-11-9-21(10-12-22)17-13-16(24-2)3-6-19-17/h3,6,13,15H,4-5,7-12,14H2,1-2H3. The molecule has 138 valence electrons. The molecule has 0 N–H and O–H groups in total. The zero-order valence-corrected chi connectivity index (χ0v) is 15.2. The second kappa shape index (κ2) is 8.49. The van der Waals surface area contributed by atoms with Crippen LogP contribution >= 0.6 is 0 Å². The topological polar surface area (TPSA) is 58.1 Å². The van der Waals surface area contributed by atoms with Crippen LogP contribution in [0.4, 0.5) is 5.82 Å². The fraction of sp³-hybridized carbons (Fsp3) is 0.667. The van der Waals surface area contributed by atoms with Crippen molar-refractivity contribution >= 4 is 11.7 Å². The van der Waals surface area contributed by atoms with E-state index in [-0.39, 0.29) is 18.6 Å². The fourth-order valence-corrected chi connectivity index (χ4v) is 3.32. The average Bonchev–Trinajstić information content (AvgIpc) is 2.67. The highest BCUT2D eigenvalue weighted by Crippen LogP contribution is 2.19. The third-order valence-electron chi connectivity index (χ3n) is 5.02. The van der Waals surface area contributed by atoms with Crippen LogP contribution in [-0.4, -0.2) is 86.8 Å². The molecule has 2 aliphatic rings. The number of pyridine rings is 1. The molecule has 7 nitrogen and oxygen atoms in total. The van der Waals surface area contributed by atoms with E-state index in [2.05, 4.69) is 21.8 Å². The van der Waals surface area contributed by atoms with Crippen molar-refractivity contribution in [3.63, 3.8) is 0 Å². The van der Waals surface area contributed by atoms with Crippen LogP contribution in [0.5, 0.6) is 5.75 Å². The molecule has 2 fully saturated rings. The third-order valence-corrected chi connectivity index (χ3v) is 5.02. The van der Waals surface area contributed by atoms with Crippen LogP contribution in [0, 0.1) is 0 Å². The van der Waals surface area contributed by atoms with E-state index in [1.54, 1.807) is 13.3 Å². The van der Waals surface area contributed by atoms with Crippen LogP contribution in [0.2, 0.25) is 0 Å². The molecule has 3 rings (SSSR count). The molecule has 0 aromatic carbocycles. The largest absolute Gasteiger partial charge is 0.497 e. The highest BCUT2D eigenvalue weighted by Gasteiger charge is 2.24. The van der Waals surface area contributed by atoms with E-state index >= 15 is 0 Å². The SMILES string of the molecule is COc1ccnc(N2CCN(C(=O)COC3CCN(C)CC3)CC2)c1. The number of piperidine rings is 1. The van der Waals surface area contributed by atoms with Crippen molar-refractivity contribution in [3.8, 4) is 5.75 Å². The number of rotatable bonds is 5. The van der Waals surface area contributed by atoms with Gasteiger partial charge in [-0.15, -0.1) is 0 Å². The number of piperazine rings is 1. The number of anilines is 1. The zero-order valence-electron chi connectivity index (χ0n) is 15.2. The summed E-state index contributed by atoms with van der Waals surface area (Å²) in [5.41, 5.74) is 0. The number of amides is 1. The summed E-state index contributed by atoms with van der Waals surface area (Å²) in [6, 6.07) is 3.77. The van der Waals surface area contributed by atoms with Crippen molar-refractivity contribution in [2.24, 2.45) is 0 Å². The van der Waals surface area contributed by atoms with E-state index in [9.17, 15) is 4.79 Å². The van der Waals surface area contributed by atoms with Crippen LogP contribution in [0.1, 0.15) is 12.8 Å². The summed E-state index contributed by atoms with van der Waals surface area (Å²) < 4.78 is 11.1. The molecule has 0 radical (unpaired) electrons. The van der Waals surface area contributed by atoms with Gasteiger partial charge in [0, 0.05) is 51.5 Å². The predicted octanol–water partition coefficient (Wildman–Crippen LogP) is 0.850. The molecule has 1 aromatic heterocycles. The maximum atomic E-state index is 12.4. The van der Waals surface area contributed by atoms with E-state index in [0.29, 0.717) is 13.1 Å². The molecule has 3 heterocycles. The normalized spacial score (nSPS) is 19.9. The number of hydrogen-bond acceptors (Lipinski definition) is 6. The molecule has 0 unspecified atom stereocenters. The van der Waals surface area contributed by atoms with Gasteiger partial charge in [0.1, 0.15) is 18.2 Å². The van der Waals surface area contributed by atoms with Gasteiger partial charge < -0.3 is 24.2 Å². The van der Waals surface area contributed by atoms with Gasteiger partial charge in [0.25, 0.3) is 0 Å². The first-order valence-corrected chi connectivity index (χ1v) is 8.98. The highest BCUT2D eigenvalue weighted by atomic mass is 16.5. The molecular weight excluding hydrogens is 320 g/mol. The number of aromatic nitrogens is 1. The molecule has 1 amide bonds. The summed E-state index contributed by atoms with van der Waals surface area (Å²) in [4.78, 5) is 23.2. The lowest BCUT2D eigenvalue weighted by molar-refractivity contribution is -0.139. The smallest absolute Gasteiger partial charge is 0.248 e. The predicted molar refractivity (Wildman–Crippen MR) is 96.1 cm³/mol. The maximum absolute atomic E-state index is 12.4. The summed E-state index contributed by atoms with van der Waals surface area (Å²) in [6.45, 7) is 5.26. The number of nitrogens with zero attached hydrogens (tertiary/aromatic N) is 4. The van der Waals surface area contributed by atoms with Gasteiger partial charge in [-0.1, -0.05) is 0 Å². The van der Waals surface area contributed by atoms with Gasteiger partial charge in [-0.3, -0.25) is 4.79 Å². The Morgan fingerprint density at radius 2 is 1.92 bits per heavy atom. The van der Waals surface area contributed by atoms with Crippen LogP contribution in [0.25, 0.3) is 0 Å². The molecular formula is C18H28N4O3. The number of hydrogen-bond donors (Lipinski definition) is 0. The summed E-state index contributed by atoms with van der Waals surface area (Å²) in [5, 5.41) is 0. The Balaban J connectivity index is 1.43. The molecule has 0 saturated carbocycles. The lowest BCUT2D eigenvalue weighted by atomic mass is 10.1. The molecule has 1 aromatic rings. The van der Waals surface area contributed by atoms with Crippen LogP contribution < -0.4 is 9.64 Å². The van der Waals surface area contributed by atoms with E-state index in [1.165, 1.54) is 0 Å². The Hall–Kier alpha value is -1.86. The second-order valence-corrected chi connectivity index (χ2v) is 6.74. The Morgan fingerprint density at radius 3 is 2.60 bits per heavy atom. The van der Waals surface area contributed by atoms with Gasteiger partial charge in [0.15, 0.2) is 0 Å². The number of likely N-dealkylation sites (tertiary alicyclic amines) is 1. The quantitative estimate of drug-likeness (QED) is 0.786. The molecule has 0 aliphatic carbocycles. The van der Waals surface area contributed by atoms with Gasteiger partial charge in [-0.05, 0) is 26.0 Å². The number of carbonyl (C=O) groups excluding carboxylic acids is 1. The van der Waals surface area contributed by atoms with Crippen LogP contribution in [-0.2, 0) is 9.53 Å². The summed E-state index contributed by atoms with van der Waals surface area (Å²) in [7, 11) is 3.78. The third kappa shape index (κ3) is 4.83. The summed E-state index contributed by atoms with van der Waals surface area (Å²) in [5.74, 6) is 1.79. The Kier molecular flexibility index (Phi) is 6.09. The average molecular weight is 348 g/mol. The molecule has 0 spiro atoms. The van der Waals surface area contributed by atoms with Gasteiger partial charge >= 0.3 is 0 Å². The lowest BCUT2D eigenvalue weighted by Gasteiger charge is -2.36. The van der Waals surface area contributed by atoms with Crippen molar-refractivity contribution in [1.82, 2.24) is 14.8 Å². The second-order valence-electron chi connectivity index (χ2n) is 6.74. The van der Waals surface area contributed by atoms with Crippen molar-refractivity contribution in [2.75, 3.05) is 64.9 Å². The van der Waals surface area contributed by atoms with Gasteiger partial charge in [-0.2, -0.15) is 0 Å². The summed E-state index contributed by atoms with van der Waals surface area (Å²) in [6.07, 6.45) is 4.00. The first kappa shape index (κ1) is 17.9. The number of carbonyl (C=O) groups is 1. The van der Waals surface area contributed by atoms with Crippen molar-refractivity contribution in [1.29, 1.82) is 0 Å². The van der Waals surface area contributed by atoms with Crippen LogP contribution in [0.15, 0.2) is 18.3 Å². The van der Waals surface area contributed by atoms with Crippen LogP contribution in [0.3, 0.4) is 0 Å². The first-order valence-electron chi connectivity index (χ1n) is 8.98. The van der Waals surface area contributed by atoms with Gasteiger partial charge in [-0.25, -0.2) is 4.98 Å². The molecule has 2 aliphatic heterocycles. The molecule has 0 bridgehead atoms. The molecule has 0 atom stereocenters. The highest BCUT2D eigenvalue weighted by molar-refractivity contribution is 5.77. The summed E-state index contributed by atoms with van der Waals surface area (Å²) >= 11 is 0. The molecule has 25 heavy (non-hydrogen) atoms. The zero-order chi connectivity index (χ0) is 17.6. The molecule has 2 saturated heterocycles. The van der Waals surface area contributed by atoms with Crippen molar-refractivity contribution in [2.45, 2.75) is 18.9 Å². The van der Waals surface area contributed by atoms with E-state index in [0.717, 1.165) is 50.6 Å². The van der Waals surface area contributed by atoms with Crippen molar-refractivity contribution < 1.29 is 14.3 Å². The lowest BCUT2D eigenvalue weighted by Crippen LogP contribution is -2.50.